The Morgan fingerprint density at radius 3 is 2.75 bits per heavy atom. The van der Waals surface area contributed by atoms with E-state index in [0.29, 0.717) is 25.2 Å². The minimum atomic E-state index is -0.802. The number of halogens is 2. The Balaban J connectivity index is 2.66. The molecule has 0 amide bonds. The van der Waals surface area contributed by atoms with Crippen LogP contribution in [-0.4, -0.2) is 26.3 Å². The summed E-state index contributed by atoms with van der Waals surface area (Å²) in [5.41, 5.74) is 0.374. The summed E-state index contributed by atoms with van der Waals surface area (Å²) >= 11 is 0. The van der Waals surface area contributed by atoms with Crippen molar-refractivity contribution in [3.63, 3.8) is 0 Å². The molecule has 1 unspecified atom stereocenters. The van der Waals surface area contributed by atoms with E-state index in [0.717, 1.165) is 6.07 Å². The molecule has 0 aliphatic carbocycles. The van der Waals surface area contributed by atoms with Gasteiger partial charge in [0.05, 0.1) is 6.61 Å². The fourth-order valence-corrected chi connectivity index (χ4v) is 1.48. The lowest BCUT2D eigenvalue weighted by Crippen LogP contribution is -2.32. The molecule has 0 radical (unpaired) electrons. The predicted octanol–water partition coefficient (Wildman–Crippen LogP) is 2.13. The third kappa shape index (κ3) is 3.54. The molecule has 0 aromatic heterocycles. The Bertz CT molecular complexity index is 331. The van der Waals surface area contributed by atoms with Crippen molar-refractivity contribution in [1.29, 1.82) is 0 Å². The molecule has 1 aromatic carbocycles. The first-order valence-corrected chi connectivity index (χ1v) is 5.37. The maximum Gasteiger partial charge on any atom is 0.162 e. The van der Waals surface area contributed by atoms with Crippen LogP contribution in [0.15, 0.2) is 18.2 Å². The third-order valence-electron chi connectivity index (χ3n) is 2.43. The summed E-state index contributed by atoms with van der Waals surface area (Å²) in [6.07, 6.45) is 0.417. The zero-order chi connectivity index (χ0) is 12.0. The Morgan fingerprint density at radius 1 is 1.38 bits per heavy atom. The van der Waals surface area contributed by atoms with Gasteiger partial charge in [-0.3, -0.25) is 0 Å². The van der Waals surface area contributed by atoms with Crippen LogP contribution >= 0.6 is 0 Å². The lowest BCUT2D eigenvalue weighted by molar-refractivity contribution is 0.124. The van der Waals surface area contributed by atoms with E-state index in [1.165, 1.54) is 6.07 Å². The summed E-state index contributed by atoms with van der Waals surface area (Å²) in [6, 6.07) is 4.22. The molecule has 4 heteroatoms. The van der Waals surface area contributed by atoms with Gasteiger partial charge in [0.25, 0.3) is 0 Å². The van der Waals surface area contributed by atoms with Gasteiger partial charge in [0.2, 0.25) is 0 Å². The normalized spacial score (nSPS) is 12.8. The van der Waals surface area contributed by atoms with Crippen molar-refractivity contribution in [2.24, 2.45) is 0 Å². The summed E-state index contributed by atoms with van der Waals surface area (Å²) in [7, 11) is 1.78. The highest BCUT2D eigenvalue weighted by Crippen LogP contribution is 2.13. The van der Waals surface area contributed by atoms with Gasteiger partial charge >= 0.3 is 0 Å². The topological polar surface area (TPSA) is 21.3 Å². The first kappa shape index (κ1) is 13.1. The first-order valence-electron chi connectivity index (χ1n) is 5.37. The molecule has 1 rings (SSSR count). The summed E-state index contributed by atoms with van der Waals surface area (Å²) in [5, 5.41) is 3.02. The van der Waals surface area contributed by atoms with E-state index in [2.05, 4.69) is 5.32 Å². The van der Waals surface area contributed by atoms with Gasteiger partial charge in [0, 0.05) is 12.6 Å². The van der Waals surface area contributed by atoms with Crippen LogP contribution in [0.25, 0.3) is 0 Å². The van der Waals surface area contributed by atoms with Crippen LogP contribution in [0.2, 0.25) is 0 Å². The van der Waals surface area contributed by atoms with Crippen LogP contribution in [-0.2, 0) is 11.2 Å². The van der Waals surface area contributed by atoms with E-state index in [1.807, 2.05) is 6.92 Å². The second-order valence-corrected chi connectivity index (χ2v) is 3.56. The molecule has 0 saturated heterocycles. The minimum absolute atomic E-state index is 0.00347. The van der Waals surface area contributed by atoms with Crippen molar-refractivity contribution >= 4 is 0 Å². The van der Waals surface area contributed by atoms with E-state index in [9.17, 15) is 8.78 Å². The molecule has 0 bridgehead atoms. The van der Waals surface area contributed by atoms with Crippen LogP contribution < -0.4 is 5.32 Å². The van der Waals surface area contributed by atoms with Gasteiger partial charge in [0.15, 0.2) is 11.6 Å². The van der Waals surface area contributed by atoms with Gasteiger partial charge in [0.1, 0.15) is 0 Å². The molecule has 0 heterocycles. The number of hydrogen-bond acceptors (Lipinski definition) is 2. The van der Waals surface area contributed by atoms with Crippen molar-refractivity contribution < 1.29 is 13.5 Å². The number of ether oxygens (including phenoxy) is 1. The molecule has 1 N–H and O–H groups in total. The highest BCUT2D eigenvalue weighted by molar-refractivity contribution is 5.20. The Labute approximate surface area is 94.6 Å². The van der Waals surface area contributed by atoms with Gasteiger partial charge in [-0.2, -0.15) is 0 Å². The molecule has 1 aromatic rings. The monoisotopic (exact) mass is 229 g/mol. The highest BCUT2D eigenvalue weighted by atomic mass is 19.2. The quantitative estimate of drug-likeness (QED) is 0.807. The Kier molecular flexibility index (Phi) is 5.35. The number of likely N-dealkylation sites (N-methyl/N-ethyl adjacent to an activating group) is 1. The Hall–Kier alpha value is -1.00. The molecule has 0 aliphatic heterocycles. The molecule has 90 valence electrons. The van der Waals surface area contributed by atoms with Crippen LogP contribution in [0.1, 0.15) is 12.5 Å². The van der Waals surface area contributed by atoms with Crippen molar-refractivity contribution in [3.05, 3.63) is 35.4 Å². The Morgan fingerprint density at radius 2 is 2.12 bits per heavy atom. The van der Waals surface area contributed by atoms with Gasteiger partial charge in [-0.25, -0.2) is 8.78 Å². The zero-order valence-electron chi connectivity index (χ0n) is 9.59. The van der Waals surface area contributed by atoms with E-state index in [-0.39, 0.29) is 6.04 Å². The van der Waals surface area contributed by atoms with Crippen LogP contribution in [0.3, 0.4) is 0 Å². The average Bonchev–Trinajstić information content (AvgIpc) is 2.30. The van der Waals surface area contributed by atoms with E-state index in [4.69, 9.17) is 4.74 Å². The van der Waals surface area contributed by atoms with Crippen LogP contribution in [0.5, 0.6) is 0 Å². The van der Waals surface area contributed by atoms with Gasteiger partial charge < -0.3 is 10.1 Å². The highest BCUT2D eigenvalue weighted by Gasteiger charge is 2.13. The largest absolute Gasteiger partial charge is 0.380 e. The lowest BCUT2D eigenvalue weighted by Gasteiger charge is -2.16. The lowest BCUT2D eigenvalue weighted by atomic mass is 10.1. The molecule has 1 atom stereocenters. The standard InChI is InChI=1S/C12H17F2NO/c1-3-16-8-10(15-2)7-9-5-4-6-11(13)12(9)14/h4-6,10,15H,3,7-8H2,1-2H3. The number of nitrogens with one attached hydrogen (secondary N) is 1. The maximum atomic E-state index is 13.4. The molecule has 0 saturated carbocycles. The van der Waals surface area contributed by atoms with Crippen molar-refractivity contribution in [1.82, 2.24) is 5.32 Å². The maximum absolute atomic E-state index is 13.4. The van der Waals surface area contributed by atoms with Crippen molar-refractivity contribution in [2.75, 3.05) is 20.3 Å². The zero-order valence-corrected chi connectivity index (χ0v) is 9.59. The number of rotatable bonds is 6. The third-order valence-corrected chi connectivity index (χ3v) is 2.43. The predicted molar refractivity (Wildman–Crippen MR) is 59.4 cm³/mol. The summed E-state index contributed by atoms with van der Waals surface area (Å²) in [4.78, 5) is 0. The molecule has 0 fully saturated rings. The fraction of sp³-hybridized carbons (Fsp3) is 0.500. The minimum Gasteiger partial charge on any atom is -0.380 e. The molecule has 0 spiro atoms. The molecular formula is C12H17F2NO. The van der Waals surface area contributed by atoms with Crippen LogP contribution in [0, 0.1) is 11.6 Å². The second-order valence-electron chi connectivity index (χ2n) is 3.56. The van der Waals surface area contributed by atoms with E-state index in [1.54, 1.807) is 13.1 Å². The summed E-state index contributed by atoms with van der Waals surface area (Å²) < 4.78 is 31.6. The van der Waals surface area contributed by atoms with Crippen molar-refractivity contribution in [2.45, 2.75) is 19.4 Å². The van der Waals surface area contributed by atoms with Gasteiger partial charge in [-0.1, -0.05) is 12.1 Å². The van der Waals surface area contributed by atoms with Crippen molar-refractivity contribution in [3.8, 4) is 0 Å². The summed E-state index contributed by atoms with van der Waals surface area (Å²) in [5.74, 6) is -1.57. The molecular weight excluding hydrogens is 212 g/mol. The van der Waals surface area contributed by atoms with E-state index >= 15 is 0 Å². The molecule has 16 heavy (non-hydrogen) atoms. The number of hydrogen-bond donors (Lipinski definition) is 1. The second kappa shape index (κ2) is 6.55. The smallest absolute Gasteiger partial charge is 0.162 e. The SMILES string of the molecule is CCOCC(Cc1cccc(F)c1F)NC. The first-order chi connectivity index (χ1) is 7.69. The average molecular weight is 229 g/mol. The fourth-order valence-electron chi connectivity index (χ4n) is 1.48. The summed E-state index contributed by atoms with van der Waals surface area (Å²) in [6.45, 7) is 3.00. The van der Waals surface area contributed by atoms with Gasteiger partial charge in [-0.05, 0) is 32.0 Å². The van der Waals surface area contributed by atoms with Gasteiger partial charge in [-0.15, -0.1) is 0 Å². The van der Waals surface area contributed by atoms with E-state index < -0.39 is 11.6 Å². The molecule has 0 aliphatic rings. The molecule has 2 nitrogen and oxygen atoms in total. The number of benzene rings is 1. The van der Waals surface area contributed by atoms with Crippen LogP contribution in [0.4, 0.5) is 8.78 Å².